The average molecular weight is 339 g/mol. The van der Waals surface area contributed by atoms with Gasteiger partial charge in [-0.1, -0.05) is 30.3 Å². The maximum absolute atomic E-state index is 12.9. The molecule has 25 heavy (non-hydrogen) atoms. The molecule has 0 radical (unpaired) electrons. The number of nitrogens with zero attached hydrogens (tertiary/aromatic N) is 2. The molecule has 2 aliphatic rings. The van der Waals surface area contributed by atoms with E-state index in [1.165, 1.54) is 16.1 Å². The van der Waals surface area contributed by atoms with Crippen LogP contribution in [0, 0.1) is 0 Å². The molecule has 1 aromatic heterocycles. The molecule has 2 atom stereocenters. The second kappa shape index (κ2) is 6.08. The quantitative estimate of drug-likeness (QED) is 0.921. The Hall–Kier alpha value is -3.09. The van der Waals surface area contributed by atoms with E-state index in [2.05, 4.69) is 5.32 Å². The van der Waals surface area contributed by atoms with Gasteiger partial charge in [-0.05, 0) is 24.1 Å². The molecular weight excluding hydrogens is 322 g/mol. The fourth-order valence-corrected chi connectivity index (χ4v) is 3.43. The number of amides is 4. The van der Waals surface area contributed by atoms with E-state index in [0.717, 1.165) is 5.56 Å². The van der Waals surface area contributed by atoms with Crippen LogP contribution in [0.25, 0.3) is 0 Å². The largest absolute Gasteiger partial charge is 0.459 e. The van der Waals surface area contributed by atoms with Gasteiger partial charge in [0.15, 0.2) is 5.76 Å². The summed E-state index contributed by atoms with van der Waals surface area (Å²) in [4.78, 5) is 40.5. The first-order valence-corrected chi connectivity index (χ1v) is 8.15. The number of hydrogen-bond donors (Lipinski definition) is 1. The molecule has 7 heteroatoms. The monoisotopic (exact) mass is 339 g/mol. The summed E-state index contributed by atoms with van der Waals surface area (Å²) in [7, 11) is 0. The number of carbonyl (C=O) groups is 3. The topological polar surface area (TPSA) is 82.9 Å². The third kappa shape index (κ3) is 2.67. The van der Waals surface area contributed by atoms with Gasteiger partial charge in [0, 0.05) is 6.54 Å². The predicted octanol–water partition coefficient (Wildman–Crippen LogP) is 1.61. The van der Waals surface area contributed by atoms with Crippen molar-refractivity contribution in [3.05, 3.63) is 60.1 Å². The van der Waals surface area contributed by atoms with Crippen molar-refractivity contribution in [3.8, 4) is 0 Å². The molecule has 4 rings (SSSR count). The van der Waals surface area contributed by atoms with E-state index in [-0.39, 0.29) is 30.2 Å². The summed E-state index contributed by atoms with van der Waals surface area (Å²) in [6.45, 7) is 0.581. The highest BCUT2D eigenvalue weighted by atomic mass is 16.3. The first kappa shape index (κ1) is 15.4. The van der Waals surface area contributed by atoms with Crippen molar-refractivity contribution in [2.75, 3.05) is 6.54 Å². The van der Waals surface area contributed by atoms with Gasteiger partial charge in [0.2, 0.25) is 0 Å². The smallest absolute Gasteiger partial charge is 0.324 e. The zero-order valence-electron chi connectivity index (χ0n) is 13.4. The third-order valence-electron chi connectivity index (χ3n) is 4.65. The number of fused-ring (bicyclic) bond motifs is 1. The minimum atomic E-state index is -0.695. The highest BCUT2D eigenvalue weighted by Gasteiger charge is 2.49. The Balaban J connectivity index is 1.58. The molecule has 4 amide bonds. The van der Waals surface area contributed by atoms with Gasteiger partial charge in [0.25, 0.3) is 11.8 Å². The Labute approximate surface area is 144 Å². The van der Waals surface area contributed by atoms with Crippen LogP contribution in [-0.4, -0.2) is 46.3 Å². The molecule has 0 bridgehead atoms. The maximum atomic E-state index is 12.9. The lowest BCUT2D eigenvalue weighted by Gasteiger charge is -2.36. The molecule has 7 nitrogen and oxygen atoms in total. The number of benzene rings is 1. The number of carbonyl (C=O) groups excluding carboxylic acids is 3. The molecule has 2 aromatic rings. The second-order valence-corrected chi connectivity index (χ2v) is 6.18. The Morgan fingerprint density at radius 1 is 1.16 bits per heavy atom. The zero-order chi connectivity index (χ0) is 17.4. The molecule has 1 aromatic carbocycles. The van der Waals surface area contributed by atoms with Crippen LogP contribution in [0.2, 0.25) is 0 Å². The number of likely N-dealkylation sites (tertiary alicyclic amines) is 1. The van der Waals surface area contributed by atoms with Crippen LogP contribution in [0.15, 0.2) is 53.1 Å². The van der Waals surface area contributed by atoms with Gasteiger partial charge in [-0.25, -0.2) is 4.79 Å². The first-order valence-electron chi connectivity index (χ1n) is 8.15. The van der Waals surface area contributed by atoms with Crippen LogP contribution < -0.4 is 5.32 Å². The summed E-state index contributed by atoms with van der Waals surface area (Å²) in [6.07, 6.45) is 1.97. The number of hydrogen-bond acceptors (Lipinski definition) is 4. The minimum absolute atomic E-state index is 0.178. The van der Waals surface area contributed by atoms with Crippen LogP contribution in [0.5, 0.6) is 0 Å². The summed E-state index contributed by atoms with van der Waals surface area (Å²) >= 11 is 0. The van der Waals surface area contributed by atoms with Gasteiger partial charge >= 0.3 is 6.03 Å². The lowest BCUT2D eigenvalue weighted by Crippen LogP contribution is -2.64. The van der Waals surface area contributed by atoms with E-state index in [4.69, 9.17) is 4.42 Å². The van der Waals surface area contributed by atoms with Gasteiger partial charge in [-0.3, -0.25) is 14.5 Å². The van der Waals surface area contributed by atoms with Crippen LogP contribution in [0.4, 0.5) is 4.79 Å². The van der Waals surface area contributed by atoms with Crippen molar-refractivity contribution in [2.24, 2.45) is 0 Å². The fourth-order valence-electron chi connectivity index (χ4n) is 3.43. The maximum Gasteiger partial charge on any atom is 0.324 e. The average Bonchev–Trinajstić information content (AvgIpc) is 3.29. The Kier molecular flexibility index (Phi) is 3.76. The van der Waals surface area contributed by atoms with Gasteiger partial charge in [-0.15, -0.1) is 0 Å². The number of nitrogens with one attached hydrogen (secondary N) is 1. The lowest BCUT2D eigenvalue weighted by atomic mass is 10.0. The van der Waals surface area contributed by atoms with E-state index in [0.29, 0.717) is 13.0 Å². The van der Waals surface area contributed by atoms with Crippen LogP contribution in [-0.2, 0) is 11.3 Å². The van der Waals surface area contributed by atoms with Gasteiger partial charge in [0.1, 0.15) is 6.04 Å². The van der Waals surface area contributed by atoms with Crippen molar-refractivity contribution in [1.82, 2.24) is 15.1 Å². The highest BCUT2D eigenvalue weighted by molar-refractivity contribution is 6.04. The number of furan rings is 1. The van der Waals surface area contributed by atoms with Crippen molar-refractivity contribution < 1.29 is 18.8 Å². The molecule has 1 N–H and O–H groups in total. The van der Waals surface area contributed by atoms with Crippen molar-refractivity contribution in [3.63, 3.8) is 0 Å². The Bertz CT molecular complexity index is 803. The third-order valence-corrected chi connectivity index (χ3v) is 4.65. The molecule has 128 valence electrons. The standard InChI is InChI=1S/C18H17N3O4/c22-16(14-7-4-10-25-14)20-9-8-13-15(20)17(23)21(18(24)19-13)11-12-5-2-1-3-6-12/h1-7,10,13,15H,8-9,11H2,(H,19,24)/t13-,15+/m1/s1. The summed E-state index contributed by atoms with van der Waals surface area (Å²) in [6, 6.07) is 11.0. The molecule has 0 saturated carbocycles. The molecule has 2 fully saturated rings. The first-order chi connectivity index (χ1) is 12.1. The fraction of sp³-hybridized carbons (Fsp3) is 0.278. The van der Waals surface area contributed by atoms with Crippen LogP contribution in [0.3, 0.4) is 0 Å². The SMILES string of the molecule is O=C1N[C@@H]2CCN(C(=O)c3ccco3)[C@@H]2C(=O)N1Cc1ccccc1. The number of rotatable bonds is 3. The van der Waals surface area contributed by atoms with Crippen molar-refractivity contribution in [2.45, 2.75) is 25.0 Å². The highest BCUT2D eigenvalue weighted by Crippen LogP contribution is 2.26. The van der Waals surface area contributed by atoms with E-state index in [9.17, 15) is 14.4 Å². The van der Waals surface area contributed by atoms with E-state index in [1.807, 2.05) is 30.3 Å². The number of imide groups is 1. The molecule has 0 spiro atoms. The number of urea groups is 1. The summed E-state index contributed by atoms with van der Waals surface area (Å²) in [5.74, 6) is -0.489. The molecule has 3 heterocycles. The van der Waals surface area contributed by atoms with Crippen LogP contribution in [0.1, 0.15) is 22.5 Å². The zero-order valence-corrected chi connectivity index (χ0v) is 13.4. The van der Waals surface area contributed by atoms with Gasteiger partial charge in [0.05, 0.1) is 18.8 Å². The van der Waals surface area contributed by atoms with Gasteiger partial charge in [-0.2, -0.15) is 0 Å². The molecule has 0 aliphatic carbocycles. The normalized spacial score (nSPS) is 22.7. The molecule has 2 aliphatic heterocycles. The second-order valence-electron chi connectivity index (χ2n) is 6.18. The summed E-state index contributed by atoms with van der Waals surface area (Å²) in [5.41, 5.74) is 0.853. The van der Waals surface area contributed by atoms with Crippen molar-refractivity contribution in [1.29, 1.82) is 0 Å². The van der Waals surface area contributed by atoms with E-state index in [1.54, 1.807) is 12.1 Å². The summed E-state index contributed by atoms with van der Waals surface area (Å²) < 4.78 is 5.16. The van der Waals surface area contributed by atoms with E-state index < -0.39 is 12.1 Å². The predicted molar refractivity (Wildman–Crippen MR) is 87.5 cm³/mol. The minimum Gasteiger partial charge on any atom is -0.459 e. The lowest BCUT2D eigenvalue weighted by molar-refractivity contribution is -0.135. The van der Waals surface area contributed by atoms with Gasteiger partial charge < -0.3 is 14.6 Å². The molecular formula is C18H17N3O4. The molecule has 2 saturated heterocycles. The van der Waals surface area contributed by atoms with E-state index >= 15 is 0 Å². The Morgan fingerprint density at radius 3 is 2.68 bits per heavy atom. The summed E-state index contributed by atoms with van der Waals surface area (Å²) in [5, 5.41) is 2.85. The molecule has 0 unspecified atom stereocenters. The van der Waals surface area contributed by atoms with Crippen LogP contribution >= 0.6 is 0 Å². The van der Waals surface area contributed by atoms with Crippen molar-refractivity contribution >= 4 is 17.8 Å². The Morgan fingerprint density at radius 2 is 1.96 bits per heavy atom.